The van der Waals surface area contributed by atoms with Crippen molar-refractivity contribution in [2.45, 2.75) is 51.7 Å². The van der Waals surface area contributed by atoms with Crippen molar-refractivity contribution >= 4 is 6.09 Å². The smallest absolute Gasteiger partial charge is 0.410 e. The van der Waals surface area contributed by atoms with Gasteiger partial charge in [0.2, 0.25) is 0 Å². The molecule has 2 rings (SSSR count). The monoisotopic (exact) mass is 310 g/mol. The van der Waals surface area contributed by atoms with Gasteiger partial charge in [-0.2, -0.15) is 0 Å². The maximum atomic E-state index is 12.1. The van der Waals surface area contributed by atoms with Gasteiger partial charge in [0.1, 0.15) is 5.60 Å². The number of aliphatic hydroxyl groups excluding tert-OH is 1. The van der Waals surface area contributed by atoms with Crippen LogP contribution in [0.1, 0.15) is 40.0 Å². The average Bonchev–Trinajstić information content (AvgIpc) is 2.92. The van der Waals surface area contributed by atoms with Crippen LogP contribution in [0.5, 0.6) is 0 Å². The fraction of sp³-hybridized carbons (Fsp3) is 0.824. The molecular formula is C17H30N2O3. The summed E-state index contributed by atoms with van der Waals surface area (Å²) >= 11 is 0. The van der Waals surface area contributed by atoms with Gasteiger partial charge >= 0.3 is 6.09 Å². The highest BCUT2D eigenvalue weighted by atomic mass is 16.6. The van der Waals surface area contributed by atoms with Crippen molar-refractivity contribution < 1.29 is 14.6 Å². The van der Waals surface area contributed by atoms with Crippen LogP contribution in [0.2, 0.25) is 0 Å². The summed E-state index contributed by atoms with van der Waals surface area (Å²) in [4.78, 5) is 14.0. The quantitative estimate of drug-likeness (QED) is 0.781. The Kier molecular flexibility index (Phi) is 5.87. The summed E-state index contributed by atoms with van der Waals surface area (Å²) in [6.07, 6.45) is 7.19. The standard InChI is InChI=1S/C17H30N2O3/c1-17(2,3)22-16(21)19-8-4-5-14(11-19)10-18-15-7-6-13(9-15)12-20/h6-7,13-15,18,20H,4-5,8-12H2,1-3H3/t13-,14?,15+/m0/s1. The van der Waals surface area contributed by atoms with Gasteiger partial charge in [-0.05, 0) is 46.0 Å². The normalized spacial score (nSPS) is 28.9. The summed E-state index contributed by atoms with van der Waals surface area (Å²) in [5, 5.41) is 12.7. The Morgan fingerprint density at radius 1 is 1.41 bits per heavy atom. The Labute approximate surface area is 133 Å². The van der Waals surface area contributed by atoms with Gasteiger partial charge in [-0.3, -0.25) is 0 Å². The second kappa shape index (κ2) is 7.47. The van der Waals surface area contributed by atoms with E-state index in [4.69, 9.17) is 9.84 Å². The third kappa shape index (κ3) is 5.29. The first-order valence-electron chi connectivity index (χ1n) is 8.38. The average molecular weight is 310 g/mol. The van der Waals surface area contributed by atoms with Crippen molar-refractivity contribution in [3.05, 3.63) is 12.2 Å². The minimum absolute atomic E-state index is 0.196. The topological polar surface area (TPSA) is 61.8 Å². The van der Waals surface area contributed by atoms with Gasteiger partial charge < -0.3 is 20.1 Å². The molecule has 22 heavy (non-hydrogen) atoms. The van der Waals surface area contributed by atoms with E-state index in [-0.39, 0.29) is 12.7 Å². The van der Waals surface area contributed by atoms with Crippen molar-refractivity contribution in [1.29, 1.82) is 0 Å². The molecule has 1 heterocycles. The number of carbonyl (C=O) groups is 1. The number of likely N-dealkylation sites (tertiary alicyclic amines) is 1. The number of nitrogens with one attached hydrogen (secondary N) is 1. The first-order valence-corrected chi connectivity index (χ1v) is 8.38. The zero-order chi connectivity index (χ0) is 16.2. The Balaban J connectivity index is 1.74. The van der Waals surface area contributed by atoms with E-state index in [9.17, 15) is 4.79 Å². The molecule has 0 radical (unpaired) electrons. The van der Waals surface area contributed by atoms with Crippen LogP contribution in [0.3, 0.4) is 0 Å². The fourth-order valence-corrected chi connectivity index (χ4v) is 3.10. The number of carbonyl (C=O) groups excluding carboxylic acids is 1. The number of aliphatic hydroxyl groups is 1. The van der Waals surface area contributed by atoms with E-state index in [0.29, 0.717) is 17.9 Å². The lowest BCUT2D eigenvalue weighted by atomic mass is 9.97. The molecule has 3 atom stereocenters. The molecule has 0 aromatic heterocycles. The highest BCUT2D eigenvalue weighted by molar-refractivity contribution is 5.68. The van der Waals surface area contributed by atoms with Crippen molar-refractivity contribution in [2.75, 3.05) is 26.2 Å². The van der Waals surface area contributed by atoms with Gasteiger partial charge in [0.25, 0.3) is 0 Å². The number of piperidine rings is 1. The van der Waals surface area contributed by atoms with Gasteiger partial charge in [-0.1, -0.05) is 12.2 Å². The Morgan fingerprint density at radius 3 is 2.82 bits per heavy atom. The van der Waals surface area contributed by atoms with Gasteiger partial charge in [-0.25, -0.2) is 4.79 Å². The predicted octanol–water partition coefficient (Wildman–Crippen LogP) is 2.16. The van der Waals surface area contributed by atoms with Gasteiger partial charge in [0.05, 0.1) is 0 Å². The summed E-state index contributed by atoms with van der Waals surface area (Å²) in [5.74, 6) is 0.768. The van der Waals surface area contributed by atoms with E-state index >= 15 is 0 Å². The van der Waals surface area contributed by atoms with Crippen molar-refractivity contribution in [2.24, 2.45) is 11.8 Å². The summed E-state index contributed by atoms with van der Waals surface area (Å²) in [5.41, 5.74) is -0.434. The lowest BCUT2D eigenvalue weighted by Gasteiger charge is -2.34. The third-order valence-corrected chi connectivity index (χ3v) is 4.25. The molecule has 2 aliphatic rings. The number of rotatable bonds is 4. The fourth-order valence-electron chi connectivity index (χ4n) is 3.10. The van der Waals surface area contributed by atoms with Crippen LogP contribution in [0, 0.1) is 11.8 Å². The molecule has 1 aliphatic heterocycles. The number of hydrogen-bond acceptors (Lipinski definition) is 4. The number of nitrogens with zero attached hydrogens (tertiary/aromatic N) is 1. The summed E-state index contributed by atoms with van der Waals surface area (Å²) in [6.45, 7) is 8.40. The van der Waals surface area contributed by atoms with Crippen LogP contribution in [-0.2, 0) is 4.74 Å². The SMILES string of the molecule is CC(C)(C)OC(=O)N1CCCC(CN[C@@H]2C=C[C@H](CO)C2)C1. The van der Waals surface area contributed by atoms with E-state index < -0.39 is 5.60 Å². The number of hydrogen-bond donors (Lipinski definition) is 2. The molecule has 0 aromatic rings. The van der Waals surface area contributed by atoms with Gasteiger partial charge in [-0.15, -0.1) is 0 Å². The van der Waals surface area contributed by atoms with Crippen molar-refractivity contribution in [3.8, 4) is 0 Å². The zero-order valence-corrected chi connectivity index (χ0v) is 14.0. The largest absolute Gasteiger partial charge is 0.444 e. The van der Waals surface area contributed by atoms with E-state index in [1.54, 1.807) is 0 Å². The minimum Gasteiger partial charge on any atom is -0.444 e. The van der Waals surface area contributed by atoms with Crippen LogP contribution in [0.25, 0.3) is 0 Å². The molecule has 0 saturated carbocycles. The Morgan fingerprint density at radius 2 is 2.18 bits per heavy atom. The lowest BCUT2D eigenvalue weighted by Crippen LogP contribution is -2.45. The molecule has 1 fully saturated rings. The lowest BCUT2D eigenvalue weighted by molar-refractivity contribution is 0.0165. The molecule has 1 saturated heterocycles. The molecular weight excluding hydrogens is 280 g/mol. The molecule has 5 heteroatoms. The Bertz CT molecular complexity index is 403. The summed E-state index contributed by atoms with van der Waals surface area (Å²) < 4.78 is 5.46. The zero-order valence-electron chi connectivity index (χ0n) is 14.0. The highest BCUT2D eigenvalue weighted by Crippen LogP contribution is 2.21. The van der Waals surface area contributed by atoms with Gasteiger partial charge in [0.15, 0.2) is 0 Å². The molecule has 0 aromatic carbocycles. The Hall–Kier alpha value is -1.07. The van der Waals surface area contributed by atoms with Gasteiger partial charge in [0, 0.05) is 38.2 Å². The molecule has 1 unspecified atom stereocenters. The van der Waals surface area contributed by atoms with Crippen LogP contribution in [0.15, 0.2) is 12.2 Å². The second-order valence-electron chi connectivity index (χ2n) is 7.51. The number of amides is 1. The number of ether oxygens (including phenoxy) is 1. The minimum atomic E-state index is -0.434. The molecule has 0 bridgehead atoms. The highest BCUT2D eigenvalue weighted by Gasteiger charge is 2.28. The summed E-state index contributed by atoms with van der Waals surface area (Å²) in [6, 6.07) is 0.356. The van der Waals surface area contributed by atoms with Crippen LogP contribution >= 0.6 is 0 Å². The van der Waals surface area contributed by atoms with E-state index in [1.807, 2.05) is 25.7 Å². The van der Waals surface area contributed by atoms with E-state index in [1.165, 1.54) is 0 Å². The first-order chi connectivity index (χ1) is 10.4. The molecule has 1 amide bonds. The van der Waals surface area contributed by atoms with Crippen molar-refractivity contribution in [3.63, 3.8) is 0 Å². The summed E-state index contributed by atoms with van der Waals surface area (Å²) in [7, 11) is 0. The molecule has 2 N–H and O–H groups in total. The molecule has 1 aliphatic carbocycles. The van der Waals surface area contributed by atoms with Crippen LogP contribution < -0.4 is 5.32 Å². The molecule has 0 spiro atoms. The van der Waals surface area contributed by atoms with E-state index in [0.717, 1.165) is 38.9 Å². The van der Waals surface area contributed by atoms with Crippen LogP contribution in [-0.4, -0.2) is 54.0 Å². The second-order valence-corrected chi connectivity index (χ2v) is 7.51. The first kappa shape index (κ1) is 17.3. The van der Waals surface area contributed by atoms with E-state index in [2.05, 4.69) is 17.5 Å². The molecule has 5 nitrogen and oxygen atoms in total. The van der Waals surface area contributed by atoms with Crippen LogP contribution in [0.4, 0.5) is 4.79 Å². The maximum absolute atomic E-state index is 12.1. The predicted molar refractivity (Wildman–Crippen MR) is 86.7 cm³/mol. The molecule has 126 valence electrons. The maximum Gasteiger partial charge on any atom is 0.410 e. The van der Waals surface area contributed by atoms with Crippen molar-refractivity contribution in [1.82, 2.24) is 10.2 Å². The third-order valence-electron chi connectivity index (χ3n) is 4.25.